The minimum Gasteiger partial charge on any atom is -0.258 e. The molecule has 0 aromatic heterocycles. The molecule has 1 fully saturated rings. The van der Waals surface area contributed by atoms with Crippen molar-refractivity contribution < 1.29 is 4.92 Å². The molecule has 0 N–H and O–H groups in total. The van der Waals surface area contributed by atoms with Gasteiger partial charge in [-0.3, -0.25) is 10.1 Å². The molecule has 2 rings (SSSR count). The Morgan fingerprint density at radius 1 is 1.40 bits per heavy atom. The van der Waals surface area contributed by atoms with Crippen LogP contribution in [0.1, 0.15) is 38.7 Å². The van der Waals surface area contributed by atoms with E-state index in [-0.39, 0.29) is 10.6 Å². The highest BCUT2D eigenvalue weighted by atomic mass is 79.9. The third-order valence-corrected chi connectivity index (χ3v) is 5.70. The van der Waals surface area contributed by atoms with Crippen molar-refractivity contribution in [3.63, 3.8) is 0 Å². The smallest absolute Gasteiger partial charge is 0.258 e. The van der Waals surface area contributed by atoms with Crippen molar-refractivity contribution in [2.45, 2.75) is 44.4 Å². The first kappa shape index (κ1) is 15.5. The van der Waals surface area contributed by atoms with Crippen molar-refractivity contribution in [1.82, 2.24) is 0 Å². The van der Waals surface area contributed by atoms with E-state index in [1.54, 1.807) is 18.2 Å². The quantitative estimate of drug-likeness (QED) is 0.441. The van der Waals surface area contributed by atoms with Crippen LogP contribution in [-0.4, -0.2) is 9.75 Å². The van der Waals surface area contributed by atoms with Gasteiger partial charge in [-0.25, -0.2) is 0 Å². The molecule has 110 valence electrons. The number of nitro groups is 1. The van der Waals surface area contributed by atoms with Gasteiger partial charge >= 0.3 is 0 Å². The molecule has 0 saturated heterocycles. The van der Waals surface area contributed by atoms with E-state index >= 15 is 0 Å². The number of nitrogens with zero attached hydrogens (tertiary/aromatic N) is 1. The monoisotopic (exact) mass is 339 g/mol. The molecular weight excluding hydrogens is 318 g/mol. The average molecular weight is 340 g/mol. The highest BCUT2D eigenvalue weighted by Gasteiger charge is 2.30. The zero-order valence-corrected chi connectivity index (χ0v) is 13.7. The lowest BCUT2D eigenvalue weighted by Crippen LogP contribution is -2.29. The molecule has 1 aromatic carbocycles. The van der Waals surface area contributed by atoms with Crippen LogP contribution in [-0.2, 0) is 6.42 Å². The van der Waals surface area contributed by atoms with E-state index in [2.05, 4.69) is 29.8 Å². The van der Waals surface area contributed by atoms with E-state index in [0.29, 0.717) is 10.7 Å². The number of halogens is 1. The van der Waals surface area contributed by atoms with Gasteiger partial charge in [0.1, 0.15) is 0 Å². The van der Waals surface area contributed by atoms with Crippen LogP contribution in [0, 0.1) is 27.9 Å². The summed E-state index contributed by atoms with van der Waals surface area (Å²) in [5.74, 6) is 2.09. The lowest BCUT2D eigenvalue weighted by Gasteiger charge is -2.35. The molecule has 0 heterocycles. The number of non-ortho nitro benzene ring substituents is 1. The van der Waals surface area contributed by atoms with E-state index < -0.39 is 0 Å². The second-order valence-corrected chi connectivity index (χ2v) is 7.40. The van der Waals surface area contributed by atoms with Gasteiger partial charge in [0.2, 0.25) is 0 Å². The van der Waals surface area contributed by atoms with Gasteiger partial charge in [-0.2, -0.15) is 0 Å². The Labute approximate surface area is 129 Å². The predicted molar refractivity (Wildman–Crippen MR) is 85.2 cm³/mol. The third-order valence-electron chi connectivity index (χ3n) is 4.49. The van der Waals surface area contributed by atoms with Crippen LogP contribution in [0.25, 0.3) is 0 Å². The Morgan fingerprint density at radius 3 is 2.80 bits per heavy atom. The van der Waals surface area contributed by atoms with Gasteiger partial charge in [0.25, 0.3) is 5.69 Å². The lowest BCUT2D eigenvalue weighted by atomic mass is 9.74. The molecule has 0 spiro atoms. The Bertz CT molecular complexity index is 475. The SMILES string of the molecule is CC(C)C1CCC(Br)C(Cc2cccc([N+](=O)[O-])c2)C1. The largest absolute Gasteiger partial charge is 0.269 e. The molecule has 20 heavy (non-hydrogen) atoms. The van der Waals surface area contributed by atoms with Crippen molar-refractivity contribution in [2.24, 2.45) is 17.8 Å². The minimum absolute atomic E-state index is 0.199. The Balaban J connectivity index is 2.07. The first-order chi connectivity index (χ1) is 9.47. The molecule has 0 bridgehead atoms. The van der Waals surface area contributed by atoms with Gasteiger partial charge in [-0.05, 0) is 49.0 Å². The fourth-order valence-electron chi connectivity index (χ4n) is 3.18. The molecule has 3 unspecified atom stereocenters. The molecule has 1 aliphatic rings. The highest BCUT2D eigenvalue weighted by Crippen LogP contribution is 2.39. The van der Waals surface area contributed by atoms with Crippen molar-refractivity contribution in [3.05, 3.63) is 39.9 Å². The maximum Gasteiger partial charge on any atom is 0.269 e. The number of alkyl halides is 1. The first-order valence-corrected chi connectivity index (χ1v) is 8.26. The number of benzene rings is 1. The fraction of sp³-hybridized carbons (Fsp3) is 0.625. The van der Waals surface area contributed by atoms with Crippen LogP contribution < -0.4 is 0 Å². The van der Waals surface area contributed by atoms with Gasteiger partial charge in [-0.1, -0.05) is 41.9 Å². The van der Waals surface area contributed by atoms with Crippen LogP contribution >= 0.6 is 15.9 Å². The topological polar surface area (TPSA) is 43.1 Å². The summed E-state index contributed by atoms with van der Waals surface area (Å²) in [4.78, 5) is 11.1. The summed E-state index contributed by atoms with van der Waals surface area (Å²) in [6.07, 6.45) is 4.65. The molecule has 0 radical (unpaired) electrons. The van der Waals surface area contributed by atoms with Gasteiger partial charge < -0.3 is 0 Å². The van der Waals surface area contributed by atoms with Gasteiger partial charge in [0.15, 0.2) is 0 Å². The normalized spacial score (nSPS) is 26.7. The second-order valence-electron chi connectivity index (χ2n) is 6.22. The molecule has 4 heteroatoms. The summed E-state index contributed by atoms with van der Waals surface area (Å²) in [7, 11) is 0. The van der Waals surface area contributed by atoms with Crippen LogP contribution in [0.3, 0.4) is 0 Å². The van der Waals surface area contributed by atoms with Crippen molar-refractivity contribution in [2.75, 3.05) is 0 Å². The molecule has 3 nitrogen and oxygen atoms in total. The zero-order chi connectivity index (χ0) is 14.7. The van der Waals surface area contributed by atoms with E-state index in [0.717, 1.165) is 23.8 Å². The summed E-state index contributed by atoms with van der Waals surface area (Å²) in [6.45, 7) is 4.59. The second kappa shape index (κ2) is 6.70. The maximum atomic E-state index is 10.8. The molecule has 1 aliphatic carbocycles. The van der Waals surface area contributed by atoms with Crippen LogP contribution in [0.15, 0.2) is 24.3 Å². The van der Waals surface area contributed by atoms with Crippen LogP contribution in [0.5, 0.6) is 0 Å². The van der Waals surface area contributed by atoms with Crippen molar-refractivity contribution >= 4 is 21.6 Å². The molecule has 3 atom stereocenters. The highest BCUT2D eigenvalue weighted by molar-refractivity contribution is 9.09. The van der Waals surface area contributed by atoms with Crippen molar-refractivity contribution in [3.8, 4) is 0 Å². The average Bonchev–Trinajstić information content (AvgIpc) is 2.41. The predicted octanol–water partition coefficient (Wildman–Crippen LogP) is 4.97. The zero-order valence-electron chi connectivity index (χ0n) is 12.1. The molecule has 0 amide bonds. The molecule has 1 saturated carbocycles. The number of hydrogen-bond acceptors (Lipinski definition) is 2. The summed E-state index contributed by atoms with van der Waals surface area (Å²) in [5.41, 5.74) is 1.28. The van der Waals surface area contributed by atoms with E-state index in [4.69, 9.17) is 0 Å². The van der Waals surface area contributed by atoms with Crippen LogP contribution in [0.4, 0.5) is 5.69 Å². The Morgan fingerprint density at radius 2 is 2.15 bits per heavy atom. The summed E-state index contributed by atoms with van der Waals surface area (Å²) < 4.78 is 0. The summed E-state index contributed by atoms with van der Waals surface area (Å²) in [5, 5.41) is 10.8. The number of nitro benzene ring substituents is 1. The third kappa shape index (κ3) is 3.81. The number of hydrogen-bond donors (Lipinski definition) is 0. The first-order valence-electron chi connectivity index (χ1n) is 7.34. The Kier molecular flexibility index (Phi) is 5.19. The summed E-state index contributed by atoms with van der Waals surface area (Å²) >= 11 is 3.80. The van der Waals surface area contributed by atoms with Gasteiger partial charge in [0, 0.05) is 17.0 Å². The Hall–Kier alpha value is -0.900. The lowest BCUT2D eigenvalue weighted by molar-refractivity contribution is -0.384. The molecule has 0 aliphatic heterocycles. The van der Waals surface area contributed by atoms with Gasteiger partial charge in [0.05, 0.1) is 4.92 Å². The van der Waals surface area contributed by atoms with Crippen molar-refractivity contribution in [1.29, 1.82) is 0 Å². The molecule has 1 aromatic rings. The van der Waals surface area contributed by atoms with E-state index in [9.17, 15) is 10.1 Å². The van der Waals surface area contributed by atoms with E-state index in [1.165, 1.54) is 19.3 Å². The minimum atomic E-state index is -0.313. The summed E-state index contributed by atoms with van der Waals surface area (Å²) in [6, 6.07) is 7.08. The molecular formula is C16H22BrNO2. The van der Waals surface area contributed by atoms with Crippen LogP contribution in [0.2, 0.25) is 0 Å². The fourth-order valence-corrected chi connectivity index (χ4v) is 3.85. The van der Waals surface area contributed by atoms with E-state index in [1.807, 2.05) is 6.07 Å². The number of rotatable bonds is 4. The maximum absolute atomic E-state index is 10.8. The van der Waals surface area contributed by atoms with Gasteiger partial charge in [-0.15, -0.1) is 0 Å². The standard InChI is InChI=1S/C16H22BrNO2/c1-11(2)13-6-7-16(17)14(10-13)8-12-4-3-5-15(9-12)18(19)20/h3-5,9,11,13-14,16H,6-8,10H2,1-2H3.